The molecule has 0 fully saturated rings. The fourth-order valence-corrected chi connectivity index (χ4v) is 2.00. The Balaban J connectivity index is 3.41. The zero-order chi connectivity index (χ0) is 16.3. The van der Waals surface area contributed by atoms with Crippen LogP contribution in [0.5, 0.6) is 0 Å². The van der Waals surface area contributed by atoms with Gasteiger partial charge in [-0.05, 0) is 38.5 Å². The Morgan fingerprint density at radius 3 is 1.82 bits per heavy atom. The predicted octanol–water partition coefficient (Wildman–Crippen LogP) is 5.25. The Hall–Kier alpha value is -0.160. The molecule has 0 heterocycles. The number of hydrogen-bond donors (Lipinski definition) is 0. The predicted molar refractivity (Wildman–Crippen MR) is 90.8 cm³/mol. The zero-order valence-electron chi connectivity index (χ0n) is 15.1. The van der Waals surface area contributed by atoms with Crippen molar-refractivity contribution in [1.82, 2.24) is 0 Å². The summed E-state index contributed by atoms with van der Waals surface area (Å²) >= 11 is 0. The molecule has 0 rings (SSSR count). The van der Waals surface area contributed by atoms with Crippen LogP contribution in [0.3, 0.4) is 0 Å². The lowest BCUT2D eigenvalue weighted by Crippen LogP contribution is -2.18. The standard InChI is InChI=1S/C18H38O4/c1-4-7-11-16-21-22-17-12-9-10-13-18(19-14-6-3)20-15-8-5-2/h18H,4-17H2,1-3H3. The molecule has 0 aromatic heterocycles. The van der Waals surface area contributed by atoms with Crippen molar-refractivity contribution in [1.29, 1.82) is 0 Å². The number of unbranched alkanes of at least 4 members (excludes halogenated alkanes) is 5. The zero-order valence-corrected chi connectivity index (χ0v) is 15.1. The van der Waals surface area contributed by atoms with Gasteiger partial charge in [0, 0.05) is 13.2 Å². The molecule has 0 amide bonds. The molecule has 0 aliphatic rings. The Labute approximate surface area is 137 Å². The molecular formula is C18H38O4. The van der Waals surface area contributed by atoms with Crippen LogP contribution in [0.1, 0.15) is 85.0 Å². The summed E-state index contributed by atoms with van der Waals surface area (Å²) in [5, 5.41) is 0. The second-order valence-electron chi connectivity index (χ2n) is 5.73. The third-order valence-electron chi connectivity index (χ3n) is 3.39. The summed E-state index contributed by atoms with van der Waals surface area (Å²) in [5.74, 6) is 0. The fraction of sp³-hybridized carbons (Fsp3) is 1.00. The van der Waals surface area contributed by atoms with E-state index in [1.807, 2.05) is 0 Å². The second-order valence-corrected chi connectivity index (χ2v) is 5.73. The van der Waals surface area contributed by atoms with E-state index in [1.165, 1.54) is 12.8 Å². The minimum atomic E-state index is -0.0299. The van der Waals surface area contributed by atoms with Crippen LogP contribution >= 0.6 is 0 Å². The molecule has 0 aromatic rings. The lowest BCUT2D eigenvalue weighted by atomic mass is 10.2. The minimum Gasteiger partial charge on any atom is -0.353 e. The number of hydrogen-bond acceptors (Lipinski definition) is 4. The van der Waals surface area contributed by atoms with Crippen molar-refractivity contribution in [3.05, 3.63) is 0 Å². The van der Waals surface area contributed by atoms with E-state index in [9.17, 15) is 0 Å². The minimum absolute atomic E-state index is 0.0299. The van der Waals surface area contributed by atoms with Crippen molar-refractivity contribution in [3.8, 4) is 0 Å². The van der Waals surface area contributed by atoms with Crippen molar-refractivity contribution >= 4 is 0 Å². The Morgan fingerprint density at radius 1 is 0.545 bits per heavy atom. The summed E-state index contributed by atoms with van der Waals surface area (Å²) in [6.07, 6.45) is 11.0. The summed E-state index contributed by atoms with van der Waals surface area (Å²) in [6.45, 7) is 9.47. The van der Waals surface area contributed by atoms with Crippen LogP contribution in [0.15, 0.2) is 0 Å². The van der Waals surface area contributed by atoms with E-state index >= 15 is 0 Å². The Kier molecular flexibility index (Phi) is 18.8. The third kappa shape index (κ3) is 16.2. The van der Waals surface area contributed by atoms with Crippen LogP contribution < -0.4 is 0 Å². The fourth-order valence-electron chi connectivity index (χ4n) is 2.00. The molecular weight excluding hydrogens is 280 g/mol. The van der Waals surface area contributed by atoms with E-state index in [2.05, 4.69) is 20.8 Å². The molecule has 22 heavy (non-hydrogen) atoms. The lowest BCUT2D eigenvalue weighted by molar-refractivity contribution is -0.295. The van der Waals surface area contributed by atoms with Crippen LogP contribution in [0.4, 0.5) is 0 Å². The molecule has 0 saturated carbocycles. The van der Waals surface area contributed by atoms with E-state index in [1.54, 1.807) is 0 Å². The second kappa shape index (κ2) is 18.9. The van der Waals surface area contributed by atoms with Gasteiger partial charge in [-0.15, -0.1) is 0 Å². The van der Waals surface area contributed by atoms with Crippen LogP contribution in [0.2, 0.25) is 0 Å². The van der Waals surface area contributed by atoms with Gasteiger partial charge >= 0.3 is 0 Å². The van der Waals surface area contributed by atoms with Gasteiger partial charge in [-0.25, -0.2) is 9.78 Å². The maximum absolute atomic E-state index is 5.79. The maximum atomic E-state index is 5.79. The highest BCUT2D eigenvalue weighted by molar-refractivity contribution is 4.49. The monoisotopic (exact) mass is 318 g/mol. The summed E-state index contributed by atoms with van der Waals surface area (Å²) in [5.41, 5.74) is 0. The summed E-state index contributed by atoms with van der Waals surface area (Å²) in [7, 11) is 0. The highest BCUT2D eigenvalue weighted by Gasteiger charge is 2.08. The third-order valence-corrected chi connectivity index (χ3v) is 3.39. The normalized spacial score (nSPS) is 12.7. The van der Waals surface area contributed by atoms with Gasteiger partial charge in [0.15, 0.2) is 6.29 Å². The molecule has 0 radical (unpaired) electrons. The van der Waals surface area contributed by atoms with Gasteiger partial charge in [0.05, 0.1) is 13.2 Å². The molecule has 0 spiro atoms. The number of rotatable bonds is 18. The number of ether oxygens (including phenoxy) is 2. The van der Waals surface area contributed by atoms with Crippen molar-refractivity contribution in [2.45, 2.75) is 91.3 Å². The van der Waals surface area contributed by atoms with Gasteiger partial charge in [0.1, 0.15) is 0 Å². The first-order valence-corrected chi connectivity index (χ1v) is 9.32. The van der Waals surface area contributed by atoms with Gasteiger partial charge in [-0.3, -0.25) is 0 Å². The molecule has 0 aromatic carbocycles. The first-order valence-electron chi connectivity index (χ1n) is 9.32. The molecule has 0 saturated heterocycles. The molecule has 0 N–H and O–H groups in total. The van der Waals surface area contributed by atoms with E-state index < -0.39 is 0 Å². The molecule has 4 nitrogen and oxygen atoms in total. The molecule has 0 aliphatic carbocycles. The van der Waals surface area contributed by atoms with Crippen molar-refractivity contribution in [3.63, 3.8) is 0 Å². The highest BCUT2D eigenvalue weighted by atomic mass is 17.2. The van der Waals surface area contributed by atoms with Crippen LogP contribution in [0.25, 0.3) is 0 Å². The Morgan fingerprint density at radius 2 is 1.18 bits per heavy atom. The van der Waals surface area contributed by atoms with E-state index in [-0.39, 0.29) is 6.29 Å². The van der Waals surface area contributed by atoms with Gasteiger partial charge in [-0.1, -0.05) is 46.5 Å². The SMILES string of the molecule is CCCCCOOCCCCCC(OCCC)OCCCC. The van der Waals surface area contributed by atoms with Crippen molar-refractivity contribution in [2.24, 2.45) is 0 Å². The molecule has 4 heteroatoms. The Bertz CT molecular complexity index is 200. The summed E-state index contributed by atoms with van der Waals surface area (Å²) in [4.78, 5) is 10.3. The molecule has 0 bridgehead atoms. The summed E-state index contributed by atoms with van der Waals surface area (Å²) in [6, 6.07) is 0. The summed E-state index contributed by atoms with van der Waals surface area (Å²) < 4.78 is 11.5. The van der Waals surface area contributed by atoms with Crippen LogP contribution in [-0.2, 0) is 19.2 Å². The van der Waals surface area contributed by atoms with Gasteiger partial charge in [0.25, 0.3) is 0 Å². The van der Waals surface area contributed by atoms with E-state index in [0.717, 1.165) is 64.6 Å². The quantitative estimate of drug-likeness (QED) is 0.150. The van der Waals surface area contributed by atoms with Gasteiger partial charge in [0.2, 0.25) is 0 Å². The van der Waals surface area contributed by atoms with E-state index in [0.29, 0.717) is 13.2 Å². The maximum Gasteiger partial charge on any atom is 0.157 e. The smallest absolute Gasteiger partial charge is 0.157 e. The van der Waals surface area contributed by atoms with Crippen molar-refractivity contribution in [2.75, 3.05) is 26.4 Å². The van der Waals surface area contributed by atoms with Gasteiger partial charge in [-0.2, -0.15) is 0 Å². The highest BCUT2D eigenvalue weighted by Crippen LogP contribution is 2.10. The van der Waals surface area contributed by atoms with Crippen molar-refractivity contribution < 1.29 is 19.2 Å². The molecule has 1 unspecified atom stereocenters. The lowest BCUT2D eigenvalue weighted by Gasteiger charge is -2.18. The molecule has 134 valence electrons. The average Bonchev–Trinajstić information content (AvgIpc) is 2.53. The largest absolute Gasteiger partial charge is 0.353 e. The molecule has 0 aliphatic heterocycles. The van der Waals surface area contributed by atoms with Crippen LogP contribution in [0, 0.1) is 0 Å². The van der Waals surface area contributed by atoms with E-state index in [4.69, 9.17) is 19.2 Å². The first-order chi connectivity index (χ1) is 10.8. The van der Waals surface area contributed by atoms with Gasteiger partial charge < -0.3 is 9.47 Å². The first kappa shape index (κ1) is 21.8. The topological polar surface area (TPSA) is 36.9 Å². The molecule has 1 atom stereocenters. The average molecular weight is 318 g/mol. The van der Waals surface area contributed by atoms with Crippen LogP contribution in [-0.4, -0.2) is 32.7 Å².